The van der Waals surface area contributed by atoms with E-state index in [4.69, 9.17) is 4.74 Å². The lowest BCUT2D eigenvalue weighted by Gasteiger charge is -2.11. The molecule has 0 radical (unpaired) electrons. The molecule has 0 bridgehead atoms. The number of hydrogen-bond acceptors (Lipinski definition) is 6. The minimum atomic E-state index is -0.837. The zero-order valence-electron chi connectivity index (χ0n) is 15.2. The van der Waals surface area contributed by atoms with Crippen LogP contribution in [0.1, 0.15) is 30.1 Å². The number of unbranched alkanes of at least 4 members (excludes halogenated alkanes) is 1. The smallest absolute Gasteiger partial charge is 0.340 e. The summed E-state index contributed by atoms with van der Waals surface area (Å²) in [5.74, 6) is -2.37. The van der Waals surface area contributed by atoms with Crippen LogP contribution >= 0.6 is 0 Å². The summed E-state index contributed by atoms with van der Waals surface area (Å²) in [7, 11) is 0. The molecule has 0 aliphatic heterocycles. The summed E-state index contributed by atoms with van der Waals surface area (Å²) in [4.78, 5) is 34.2. The van der Waals surface area contributed by atoms with E-state index >= 15 is 0 Å². The molecule has 0 fully saturated rings. The maximum Gasteiger partial charge on any atom is 0.340 e. The number of ether oxygens (including phenoxy) is 1. The molecule has 2 aromatic rings. The maximum absolute atomic E-state index is 13.7. The number of anilines is 2. The number of nitrogens with zero attached hydrogens (tertiary/aromatic N) is 1. The van der Waals surface area contributed by atoms with Gasteiger partial charge in [-0.3, -0.25) is 14.9 Å². The van der Waals surface area contributed by atoms with Gasteiger partial charge < -0.3 is 15.4 Å². The fourth-order valence-electron chi connectivity index (χ4n) is 2.33. The number of nitro benzene ring substituents is 1. The summed E-state index contributed by atoms with van der Waals surface area (Å²) < 4.78 is 18.7. The summed E-state index contributed by atoms with van der Waals surface area (Å²) in [5.41, 5.74) is 0.122. The van der Waals surface area contributed by atoms with Gasteiger partial charge in [-0.25, -0.2) is 9.18 Å². The highest BCUT2D eigenvalue weighted by Crippen LogP contribution is 2.21. The highest BCUT2D eigenvalue weighted by atomic mass is 19.1. The van der Waals surface area contributed by atoms with Crippen molar-refractivity contribution in [1.29, 1.82) is 0 Å². The summed E-state index contributed by atoms with van der Waals surface area (Å²) in [6, 6.07) is 9.47. The van der Waals surface area contributed by atoms with Crippen LogP contribution in [0.5, 0.6) is 0 Å². The van der Waals surface area contributed by atoms with Crippen LogP contribution in [0, 0.1) is 15.9 Å². The van der Waals surface area contributed by atoms with Crippen LogP contribution in [0.4, 0.5) is 21.5 Å². The van der Waals surface area contributed by atoms with Gasteiger partial charge in [0.1, 0.15) is 5.82 Å². The molecule has 2 aromatic carbocycles. The van der Waals surface area contributed by atoms with Gasteiger partial charge in [0.2, 0.25) is 0 Å². The molecule has 0 spiro atoms. The number of para-hydroxylation sites is 1. The van der Waals surface area contributed by atoms with Crippen molar-refractivity contribution in [2.45, 2.75) is 19.8 Å². The van der Waals surface area contributed by atoms with Gasteiger partial charge in [0.15, 0.2) is 6.61 Å². The molecule has 0 atom stereocenters. The van der Waals surface area contributed by atoms with Crippen molar-refractivity contribution < 1.29 is 23.6 Å². The Morgan fingerprint density at radius 3 is 2.64 bits per heavy atom. The van der Waals surface area contributed by atoms with Crippen LogP contribution in [0.2, 0.25) is 0 Å². The fourth-order valence-corrected chi connectivity index (χ4v) is 2.33. The summed E-state index contributed by atoms with van der Waals surface area (Å²) >= 11 is 0. The molecular formula is C19H20FN3O5. The van der Waals surface area contributed by atoms with Gasteiger partial charge in [-0.2, -0.15) is 0 Å². The molecule has 28 heavy (non-hydrogen) atoms. The minimum absolute atomic E-state index is 0.271. The molecule has 1 amide bonds. The van der Waals surface area contributed by atoms with Gasteiger partial charge in [-0.05, 0) is 24.6 Å². The Bertz CT molecular complexity index is 872. The lowest BCUT2D eigenvalue weighted by atomic mass is 10.1. The van der Waals surface area contributed by atoms with Gasteiger partial charge in [0.05, 0.1) is 16.2 Å². The molecule has 0 aliphatic carbocycles. The van der Waals surface area contributed by atoms with Crippen LogP contribution in [0.25, 0.3) is 0 Å². The molecule has 8 nitrogen and oxygen atoms in total. The van der Waals surface area contributed by atoms with Crippen molar-refractivity contribution >= 4 is 28.9 Å². The molecule has 2 N–H and O–H groups in total. The molecule has 2 rings (SSSR count). The van der Waals surface area contributed by atoms with E-state index in [1.165, 1.54) is 0 Å². The van der Waals surface area contributed by atoms with E-state index in [1.54, 1.807) is 24.3 Å². The quantitative estimate of drug-likeness (QED) is 0.293. The zero-order valence-corrected chi connectivity index (χ0v) is 15.2. The fraction of sp³-hybridized carbons (Fsp3) is 0.263. The third kappa shape index (κ3) is 5.76. The predicted octanol–water partition coefficient (Wildman–Crippen LogP) is 3.74. The van der Waals surface area contributed by atoms with Crippen molar-refractivity contribution in [3.05, 3.63) is 64.0 Å². The van der Waals surface area contributed by atoms with Crippen LogP contribution in [-0.4, -0.2) is 30.0 Å². The Kier molecular flexibility index (Phi) is 7.44. The topological polar surface area (TPSA) is 111 Å². The number of carbonyl (C=O) groups is 2. The second kappa shape index (κ2) is 10.0. The van der Waals surface area contributed by atoms with E-state index in [-0.39, 0.29) is 16.9 Å². The van der Waals surface area contributed by atoms with Crippen molar-refractivity contribution in [2.75, 3.05) is 23.8 Å². The van der Waals surface area contributed by atoms with E-state index in [0.29, 0.717) is 12.2 Å². The van der Waals surface area contributed by atoms with Crippen LogP contribution in [0.15, 0.2) is 42.5 Å². The Hall–Kier alpha value is -3.49. The first-order valence-electron chi connectivity index (χ1n) is 8.66. The zero-order chi connectivity index (χ0) is 20.5. The summed E-state index contributed by atoms with van der Waals surface area (Å²) in [6.07, 6.45) is 1.93. The molecule has 0 saturated carbocycles. The number of amides is 1. The molecule has 9 heteroatoms. The largest absolute Gasteiger partial charge is 0.452 e. The Balaban J connectivity index is 1.97. The van der Waals surface area contributed by atoms with E-state index < -0.39 is 29.2 Å². The molecule has 0 heterocycles. The highest BCUT2D eigenvalue weighted by Gasteiger charge is 2.16. The molecule has 0 unspecified atom stereocenters. The van der Waals surface area contributed by atoms with Gasteiger partial charge in [0, 0.05) is 24.4 Å². The average molecular weight is 389 g/mol. The monoisotopic (exact) mass is 389 g/mol. The first kappa shape index (κ1) is 20.8. The van der Waals surface area contributed by atoms with Crippen LogP contribution in [-0.2, 0) is 9.53 Å². The normalized spacial score (nSPS) is 10.2. The third-order valence-corrected chi connectivity index (χ3v) is 3.76. The molecule has 0 aliphatic rings. The highest BCUT2D eigenvalue weighted by molar-refractivity contribution is 5.98. The molecule has 0 aromatic heterocycles. The predicted molar refractivity (Wildman–Crippen MR) is 102 cm³/mol. The number of hydrogen-bond donors (Lipinski definition) is 2. The Morgan fingerprint density at radius 1 is 1.18 bits per heavy atom. The first-order valence-corrected chi connectivity index (χ1v) is 8.66. The van der Waals surface area contributed by atoms with Gasteiger partial charge >= 0.3 is 5.97 Å². The molecule has 148 valence electrons. The number of carbonyl (C=O) groups excluding carboxylic acids is 2. The first-order chi connectivity index (χ1) is 13.4. The average Bonchev–Trinajstić information content (AvgIpc) is 2.68. The van der Waals surface area contributed by atoms with Crippen LogP contribution in [0.3, 0.4) is 0 Å². The van der Waals surface area contributed by atoms with Gasteiger partial charge in [0.25, 0.3) is 11.6 Å². The number of nitro groups is 1. The van der Waals surface area contributed by atoms with E-state index in [1.807, 2.05) is 6.92 Å². The summed E-state index contributed by atoms with van der Waals surface area (Å²) in [5, 5.41) is 16.0. The standard InChI is InChI=1S/C19H20FN3O5/c1-2-3-10-21-16-7-5-4-6-14(16)19(25)28-12-18(24)22-17-11-13(23(26)27)8-9-15(17)20/h4-9,11,21H,2-3,10,12H2,1H3,(H,22,24). The summed E-state index contributed by atoms with van der Waals surface area (Å²) in [6.45, 7) is 2.07. The van der Waals surface area contributed by atoms with Gasteiger partial charge in [-0.15, -0.1) is 0 Å². The van der Waals surface area contributed by atoms with Crippen molar-refractivity contribution in [1.82, 2.24) is 0 Å². The number of non-ortho nitro benzene ring substituents is 1. The van der Waals surface area contributed by atoms with E-state index in [0.717, 1.165) is 31.0 Å². The van der Waals surface area contributed by atoms with E-state index in [2.05, 4.69) is 10.6 Å². The molecular weight excluding hydrogens is 369 g/mol. The number of rotatable bonds is 9. The Labute approximate surface area is 160 Å². The number of nitrogens with one attached hydrogen (secondary N) is 2. The SMILES string of the molecule is CCCCNc1ccccc1C(=O)OCC(=O)Nc1cc([N+](=O)[O-])ccc1F. The number of halogens is 1. The Morgan fingerprint density at radius 2 is 1.93 bits per heavy atom. The second-order valence-corrected chi connectivity index (χ2v) is 5.87. The third-order valence-electron chi connectivity index (χ3n) is 3.76. The van der Waals surface area contributed by atoms with Crippen molar-refractivity contribution in [3.63, 3.8) is 0 Å². The minimum Gasteiger partial charge on any atom is -0.452 e. The second-order valence-electron chi connectivity index (χ2n) is 5.87. The molecule has 0 saturated heterocycles. The lowest BCUT2D eigenvalue weighted by molar-refractivity contribution is -0.384. The number of benzene rings is 2. The maximum atomic E-state index is 13.7. The van der Waals surface area contributed by atoms with Crippen molar-refractivity contribution in [3.8, 4) is 0 Å². The van der Waals surface area contributed by atoms with Gasteiger partial charge in [-0.1, -0.05) is 25.5 Å². The van der Waals surface area contributed by atoms with Crippen LogP contribution < -0.4 is 10.6 Å². The van der Waals surface area contributed by atoms with E-state index in [9.17, 15) is 24.1 Å². The van der Waals surface area contributed by atoms with Crippen molar-refractivity contribution in [2.24, 2.45) is 0 Å². The number of esters is 1. The lowest BCUT2D eigenvalue weighted by Crippen LogP contribution is -2.22.